The predicted octanol–water partition coefficient (Wildman–Crippen LogP) is 6.20. The number of esters is 1. The second kappa shape index (κ2) is 10.1. The number of hydrogen-bond donors (Lipinski definition) is 0. The summed E-state index contributed by atoms with van der Waals surface area (Å²) < 4.78 is 48.1. The molecule has 0 fully saturated rings. The molecule has 1 aromatic heterocycles. The van der Waals surface area contributed by atoms with Crippen molar-refractivity contribution >= 4 is 29.2 Å². The molecule has 0 amide bonds. The van der Waals surface area contributed by atoms with Crippen LogP contribution in [0.2, 0.25) is 10.0 Å². The van der Waals surface area contributed by atoms with Crippen LogP contribution in [0.5, 0.6) is 5.75 Å². The number of nitrogens with zero attached hydrogens (tertiary/aromatic N) is 3. The van der Waals surface area contributed by atoms with Gasteiger partial charge in [-0.3, -0.25) is 9.36 Å². The number of fused-ring (bicyclic) bond motifs is 3. The van der Waals surface area contributed by atoms with E-state index < -0.39 is 36.3 Å². The van der Waals surface area contributed by atoms with Gasteiger partial charge in [0.05, 0.1) is 30.8 Å². The highest BCUT2D eigenvalue weighted by Crippen LogP contribution is 2.46. The van der Waals surface area contributed by atoms with Crippen molar-refractivity contribution in [2.75, 3.05) is 13.7 Å². The number of aromatic nitrogens is 3. The molecule has 0 saturated carbocycles. The number of methoxy groups -OCH3 is 1. The lowest BCUT2D eigenvalue weighted by Crippen LogP contribution is -2.20. The fourth-order valence-corrected chi connectivity index (χ4v) is 4.50. The maximum atomic E-state index is 15.0. The van der Waals surface area contributed by atoms with Crippen molar-refractivity contribution in [2.24, 2.45) is 0 Å². The van der Waals surface area contributed by atoms with E-state index in [9.17, 15) is 13.6 Å². The van der Waals surface area contributed by atoms with E-state index in [1.807, 2.05) is 0 Å². The van der Waals surface area contributed by atoms with E-state index in [0.717, 1.165) is 0 Å². The van der Waals surface area contributed by atoms with Gasteiger partial charge in [-0.1, -0.05) is 42.3 Å². The zero-order valence-corrected chi connectivity index (χ0v) is 20.7. The molecule has 2 heterocycles. The van der Waals surface area contributed by atoms with Crippen LogP contribution in [0, 0.1) is 0 Å². The maximum Gasteiger partial charge on any atom is 0.308 e. The average molecular weight is 526 g/mol. The van der Waals surface area contributed by atoms with Gasteiger partial charge in [-0.2, -0.15) is 8.78 Å². The van der Waals surface area contributed by atoms with Crippen LogP contribution in [0.1, 0.15) is 61.7 Å². The first-order valence-electron chi connectivity index (χ1n) is 11.0. The smallest absolute Gasteiger partial charge is 0.308 e. The first-order valence-corrected chi connectivity index (χ1v) is 11.7. The molecule has 7 nitrogen and oxygen atoms in total. The van der Waals surface area contributed by atoms with Crippen LogP contribution in [0.3, 0.4) is 0 Å². The molecule has 35 heavy (non-hydrogen) atoms. The maximum absolute atomic E-state index is 15.0. The Morgan fingerprint density at radius 2 is 1.94 bits per heavy atom. The lowest BCUT2D eigenvalue weighted by molar-refractivity contribution is -0.147. The molecule has 0 spiro atoms. The highest BCUT2D eigenvalue weighted by atomic mass is 35.5. The first kappa shape index (κ1) is 25.3. The lowest BCUT2D eigenvalue weighted by atomic mass is 9.99. The summed E-state index contributed by atoms with van der Waals surface area (Å²) >= 11 is 13.0. The third kappa shape index (κ3) is 4.72. The summed E-state index contributed by atoms with van der Waals surface area (Å²) in [4.78, 5) is 12.5. The summed E-state index contributed by atoms with van der Waals surface area (Å²) in [5.41, 5.74) is 1.30. The Morgan fingerprint density at radius 3 is 2.63 bits per heavy atom. The number of hydrogen-bond acceptors (Lipinski definition) is 6. The van der Waals surface area contributed by atoms with Gasteiger partial charge in [0.2, 0.25) is 5.82 Å². The fourth-order valence-electron chi connectivity index (χ4n) is 4.01. The third-order valence-electron chi connectivity index (χ3n) is 5.71. The Balaban J connectivity index is 1.99. The summed E-state index contributed by atoms with van der Waals surface area (Å²) in [6, 6.07) is 9.93. The van der Waals surface area contributed by atoms with Gasteiger partial charge in [-0.05, 0) is 31.2 Å². The Kier molecular flexibility index (Phi) is 7.30. The predicted molar refractivity (Wildman–Crippen MR) is 125 cm³/mol. The van der Waals surface area contributed by atoms with Crippen LogP contribution >= 0.6 is 23.2 Å². The van der Waals surface area contributed by atoms with Crippen LogP contribution in [0.25, 0.3) is 5.69 Å². The molecule has 11 heteroatoms. The first-order chi connectivity index (χ1) is 16.7. The van der Waals surface area contributed by atoms with E-state index in [1.54, 1.807) is 43.3 Å². The molecule has 0 aliphatic carbocycles. The molecular weight excluding hydrogens is 503 g/mol. The average Bonchev–Trinajstić information content (AvgIpc) is 3.23. The molecule has 0 bridgehead atoms. The van der Waals surface area contributed by atoms with Crippen molar-refractivity contribution in [3.63, 3.8) is 0 Å². The van der Waals surface area contributed by atoms with Gasteiger partial charge < -0.3 is 14.2 Å². The number of carbonyl (C=O) groups is 1. The zero-order valence-electron chi connectivity index (χ0n) is 19.2. The van der Waals surface area contributed by atoms with Gasteiger partial charge in [0.25, 0.3) is 0 Å². The molecule has 0 unspecified atom stereocenters. The second-order valence-electron chi connectivity index (χ2n) is 7.86. The quantitative estimate of drug-likeness (QED) is 0.342. The molecule has 2 atom stereocenters. The monoisotopic (exact) mass is 525 g/mol. The van der Waals surface area contributed by atoms with Gasteiger partial charge in [0.15, 0.2) is 5.82 Å². The van der Waals surface area contributed by atoms with Crippen LogP contribution in [0.4, 0.5) is 8.78 Å². The second-order valence-corrected chi connectivity index (χ2v) is 8.67. The Morgan fingerprint density at radius 1 is 1.17 bits per heavy atom. The highest BCUT2D eigenvalue weighted by Gasteiger charge is 2.42. The van der Waals surface area contributed by atoms with Gasteiger partial charge in [0.1, 0.15) is 18.0 Å². The van der Waals surface area contributed by atoms with Crippen molar-refractivity contribution in [2.45, 2.75) is 44.8 Å². The largest absolute Gasteiger partial charge is 0.495 e. The van der Waals surface area contributed by atoms with Gasteiger partial charge in [0, 0.05) is 22.6 Å². The van der Waals surface area contributed by atoms with E-state index in [4.69, 9.17) is 37.4 Å². The summed E-state index contributed by atoms with van der Waals surface area (Å²) in [7, 11) is 1.48. The molecule has 0 saturated heterocycles. The molecule has 4 rings (SSSR count). The molecule has 2 aromatic carbocycles. The number of carbonyl (C=O) groups excluding carboxylic acids is 1. The van der Waals surface area contributed by atoms with Crippen molar-refractivity contribution in [1.29, 1.82) is 0 Å². The van der Waals surface area contributed by atoms with E-state index >= 15 is 0 Å². The Bertz CT molecular complexity index is 1250. The fraction of sp³-hybridized carbons (Fsp3) is 0.375. The van der Waals surface area contributed by atoms with Crippen molar-refractivity contribution in [1.82, 2.24) is 14.8 Å². The van der Waals surface area contributed by atoms with Gasteiger partial charge >= 0.3 is 11.9 Å². The SMILES string of the molecule is CCOC(=O)C[C@H]1O[C@H](c2cccc(OC)c2Cl)c2cc(Cl)ccc2-n2c1nnc2C(F)(F)CC. The van der Waals surface area contributed by atoms with E-state index in [1.165, 1.54) is 18.6 Å². The topological polar surface area (TPSA) is 75.5 Å². The summed E-state index contributed by atoms with van der Waals surface area (Å²) in [6.45, 7) is 3.18. The number of ether oxygens (including phenoxy) is 3. The summed E-state index contributed by atoms with van der Waals surface area (Å²) in [6.07, 6.45) is -2.73. The van der Waals surface area contributed by atoms with Crippen molar-refractivity contribution in [3.05, 3.63) is 69.2 Å². The number of rotatable bonds is 7. The summed E-state index contributed by atoms with van der Waals surface area (Å²) in [5, 5.41) is 8.48. The molecule has 1 aliphatic rings. The van der Waals surface area contributed by atoms with Crippen molar-refractivity contribution in [3.8, 4) is 11.4 Å². The van der Waals surface area contributed by atoms with Crippen LogP contribution in [0.15, 0.2) is 36.4 Å². The minimum absolute atomic E-state index is 0.0475. The third-order valence-corrected chi connectivity index (χ3v) is 6.35. The van der Waals surface area contributed by atoms with Gasteiger partial charge in [-0.25, -0.2) is 0 Å². The minimum Gasteiger partial charge on any atom is -0.495 e. The normalized spacial score (nSPS) is 17.3. The molecule has 1 aliphatic heterocycles. The van der Waals surface area contributed by atoms with Gasteiger partial charge in [-0.15, -0.1) is 10.2 Å². The molecule has 0 N–H and O–H groups in total. The number of alkyl halides is 2. The molecular formula is C24H23Cl2F2N3O4. The highest BCUT2D eigenvalue weighted by molar-refractivity contribution is 6.33. The van der Waals surface area contributed by atoms with E-state index in [2.05, 4.69) is 10.2 Å². The van der Waals surface area contributed by atoms with Crippen LogP contribution in [-0.2, 0) is 20.2 Å². The lowest BCUT2D eigenvalue weighted by Gasteiger charge is -2.24. The van der Waals surface area contributed by atoms with E-state index in [-0.39, 0.29) is 23.9 Å². The standard InChI is InChI=1S/C24H23Cl2F2N3O4/c1-4-24(27,28)23-30-29-22-18(12-19(32)34-5-2)35-21(14-7-6-8-17(33-3)20(14)26)15-11-13(25)9-10-16(15)31(22)23/h6-11,18,21H,4-5,12H2,1-3H3/t18-,21-/m1/s1. The van der Waals surface area contributed by atoms with Crippen LogP contribution in [-0.4, -0.2) is 34.5 Å². The Labute approximate surface area is 210 Å². The van der Waals surface area contributed by atoms with Crippen molar-refractivity contribution < 1.29 is 27.8 Å². The number of halogens is 4. The summed E-state index contributed by atoms with van der Waals surface area (Å²) in [5.74, 6) is -3.97. The minimum atomic E-state index is -3.29. The molecule has 0 radical (unpaired) electrons. The van der Waals surface area contributed by atoms with E-state index in [0.29, 0.717) is 27.6 Å². The van der Waals surface area contributed by atoms with Crippen LogP contribution < -0.4 is 4.74 Å². The Hall–Kier alpha value is -2.75. The zero-order chi connectivity index (χ0) is 25.3. The molecule has 3 aromatic rings. The number of benzene rings is 2. The molecule has 186 valence electrons.